The molecular formula is C18H13ClF3N3O. The number of aryl methyl sites for hydroxylation is 1. The molecular weight excluding hydrogens is 367 g/mol. The Morgan fingerprint density at radius 2 is 1.62 bits per heavy atom. The van der Waals surface area contributed by atoms with Gasteiger partial charge in [-0.3, -0.25) is 9.48 Å². The lowest BCUT2D eigenvalue weighted by Gasteiger charge is -2.07. The number of amides is 1. The Bertz CT molecular complexity index is 935. The maximum atomic E-state index is 12.9. The van der Waals surface area contributed by atoms with Crippen molar-refractivity contribution in [3.05, 3.63) is 71.0 Å². The number of anilines is 1. The van der Waals surface area contributed by atoms with Gasteiger partial charge in [-0.25, -0.2) is 0 Å². The molecule has 8 heteroatoms. The van der Waals surface area contributed by atoms with Gasteiger partial charge in [0.2, 0.25) is 0 Å². The number of nitrogens with zero attached hydrogens (tertiary/aromatic N) is 2. The van der Waals surface area contributed by atoms with Crippen LogP contribution in [0.1, 0.15) is 16.2 Å². The van der Waals surface area contributed by atoms with Crippen molar-refractivity contribution in [3.63, 3.8) is 0 Å². The highest BCUT2D eigenvalue weighted by atomic mass is 35.5. The quantitative estimate of drug-likeness (QED) is 0.695. The largest absolute Gasteiger partial charge is 0.434 e. The van der Waals surface area contributed by atoms with E-state index in [4.69, 9.17) is 11.6 Å². The molecule has 0 aliphatic carbocycles. The van der Waals surface area contributed by atoms with Crippen molar-refractivity contribution >= 4 is 23.2 Å². The van der Waals surface area contributed by atoms with Gasteiger partial charge in [0.05, 0.1) is 0 Å². The third-order valence-electron chi connectivity index (χ3n) is 3.72. The monoisotopic (exact) mass is 379 g/mol. The number of hydrogen-bond donors (Lipinski definition) is 1. The van der Waals surface area contributed by atoms with Crippen LogP contribution < -0.4 is 5.32 Å². The van der Waals surface area contributed by atoms with Crippen molar-refractivity contribution in [2.45, 2.75) is 6.18 Å². The molecule has 134 valence electrons. The summed E-state index contributed by atoms with van der Waals surface area (Å²) in [5, 5.41) is 5.37. The molecule has 1 aromatic heterocycles. The second-order valence-electron chi connectivity index (χ2n) is 5.53. The first-order chi connectivity index (χ1) is 12.3. The van der Waals surface area contributed by atoms with Gasteiger partial charge >= 0.3 is 6.18 Å². The Hall–Kier alpha value is -2.80. The van der Waals surface area contributed by atoms with Crippen molar-refractivity contribution in [1.29, 1.82) is 0 Å². The van der Waals surface area contributed by atoms with Gasteiger partial charge in [-0.2, -0.15) is 18.3 Å². The van der Waals surface area contributed by atoms with E-state index in [0.717, 1.165) is 18.2 Å². The van der Waals surface area contributed by atoms with Crippen molar-refractivity contribution in [2.75, 3.05) is 5.32 Å². The number of hydrogen-bond acceptors (Lipinski definition) is 2. The molecule has 1 heterocycles. The van der Waals surface area contributed by atoms with E-state index in [-0.39, 0.29) is 0 Å². The zero-order valence-corrected chi connectivity index (χ0v) is 14.3. The minimum atomic E-state index is -4.70. The van der Waals surface area contributed by atoms with Crippen molar-refractivity contribution < 1.29 is 18.0 Å². The van der Waals surface area contributed by atoms with E-state index in [1.165, 1.54) is 0 Å². The lowest BCUT2D eigenvalue weighted by molar-refractivity contribution is -0.143. The molecule has 2 aromatic carbocycles. The number of nitrogens with one attached hydrogen (secondary N) is 1. The Kier molecular flexibility index (Phi) is 4.73. The van der Waals surface area contributed by atoms with Gasteiger partial charge < -0.3 is 5.32 Å². The summed E-state index contributed by atoms with van der Waals surface area (Å²) in [7, 11) is 1.08. The predicted octanol–water partition coefficient (Wildman–Crippen LogP) is 5.01. The van der Waals surface area contributed by atoms with Crippen LogP contribution in [0, 0.1) is 0 Å². The molecule has 0 unspecified atom stereocenters. The molecule has 0 aliphatic rings. The average molecular weight is 380 g/mol. The second-order valence-corrected chi connectivity index (χ2v) is 5.91. The minimum absolute atomic E-state index is 0.421. The zero-order chi connectivity index (χ0) is 18.9. The maximum Gasteiger partial charge on any atom is 0.434 e. The molecule has 3 rings (SSSR count). The number of aromatic nitrogens is 2. The molecule has 0 atom stereocenters. The minimum Gasteiger partial charge on any atom is -0.321 e. The summed E-state index contributed by atoms with van der Waals surface area (Å²) < 4.78 is 39.4. The molecule has 0 fully saturated rings. The molecule has 0 saturated carbocycles. The van der Waals surface area contributed by atoms with E-state index in [1.54, 1.807) is 24.3 Å². The van der Waals surface area contributed by atoms with E-state index in [0.29, 0.717) is 10.4 Å². The number of alkyl halides is 3. The first kappa shape index (κ1) is 18.0. The summed E-state index contributed by atoms with van der Waals surface area (Å²) in [5.74, 6) is -0.812. The maximum absolute atomic E-state index is 12.9. The van der Waals surface area contributed by atoms with Crippen LogP contribution in [0.25, 0.3) is 11.1 Å². The highest BCUT2D eigenvalue weighted by molar-refractivity contribution is 6.34. The number of halogens is 4. The van der Waals surface area contributed by atoms with Crippen LogP contribution in [0.5, 0.6) is 0 Å². The van der Waals surface area contributed by atoms with Crippen LogP contribution in [-0.2, 0) is 13.2 Å². The molecule has 0 saturated heterocycles. The zero-order valence-electron chi connectivity index (χ0n) is 13.5. The van der Waals surface area contributed by atoms with Crippen LogP contribution in [0.15, 0.2) is 54.6 Å². The van der Waals surface area contributed by atoms with Crippen molar-refractivity contribution in [3.8, 4) is 11.1 Å². The predicted molar refractivity (Wildman–Crippen MR) is 93.1 cm³/mol. The summed E-state index contributed by atoms with van der Waals surface area (Å²) in [6.07, 6.45) is -4.70. The summed E-state index contributed by atoms with van der Waals surface area (Å²) in [5.41, 5.74) is 0.731. The molecule has 0 radical (unpaired) electrons. The summed E-state index contributed by atoms with van der Waals surface area (Å²) in [4.78, 5) is 12.2. The summed E-state index contributed by atoms with van der Waals surface area (Å²) in [6.45, 7) is 0. The Labute approximate surface area is 152 Å². The lowest BCUT2D eigenvalue weighted by atomic mass is 10.1. The average Bonchev–Trinajstić information content (AvgIpc) is 2.91. The fourth-order valence-electron chi connectivity index (χ4n) is 2.52. The standard InChI is InChI=1S/C18H13ClF3N3O/c1-25-16(18(20,21)22)14(19)15(24-25)17(26)23-13-9-7-12(8-10-13)11-5-3-2-4-6-11/h2-10H,1H3,(H,23,26). The van der Waals surface area contributed by atoms with E-state index in [2.05, 4.69) is 10.4 Å². The van der Waals surface area contributed by atoms with E-state index in [1.807, 2.05) is 30.3 Å². The molecule has 4 nitrogen and oxygen atoms in total. The first-order valence-corrected chi connectivity index (χ1v) is 7.91. The molecule has 1 N–H and O–H groups in total. The number of rotatable bonds is 3. The number of carbonyl (C=O) groups excluding carboxylic acids is 1. The fraction of sp³-hybridized carbons (Fsp3) is 0.111. The first-order valence-electron chi connectivity index (χ1n) is 7.54. The van der Waals surface area contributed by atoms with E-state index < -0.39 is 28.5 Å². The van der Waals surface area contributed by atoms with Gasteiger partial charge in [-0.1, -0.05) is 54.1 Å². The smallest absolute Gasteiger partial charge is 0.321 e. The van der Waals surface area contributed by atoms with Crippen LogP contribution >= 0.6 is 11.6 Å². The van der Waals surface area contributed by atoms with Gasteiger partial charge in [-0.05, 0) is 23.3 Å². The highest BCUT2D eigenvalue weighted by Crippen LogP contribution is 2.36. The van der Waals surface area contributed by atoms with Crippen molar-refractivity contribution in [1.82, 2.24) is 9.78 Å². The van der Waals surface area contributed by atoms with Crippen LogP contribution in [0.2, 0.25) is 5.02 Å². The van der Waals surface area contributed by atoms with E-state index >= 15 is 0 Å². The molecule has 0 aliphatic heterocycles. The van der Waals surface area contributed by atoms with Crippen LogP contribution in [-0.4, -0.2) is 15.7 Å². The number of benzene rings is 2. The third-order valence-corrected chi connectivity index (χ3v) is 4.08. The van der Waals surface area contributed by atoms with Gasteiger partial charge in [0.1, 0.15) is 5.02 Å². The molecule has 0 bridgehead atoms. The topological polar surface area (TPSA) is 46.9 Å². The van der Waals surface area contributed by atoms with Gasteiger partial charge in [-0.15, -0.1) is 0 Å². The van der Waals surface area contributed by atoms with Gasteiger partial charge in [0.15, 0.2) is 11.4 Å². The summed E-state index contributed by atoms with van der Waals surface area (Å²) in [6, 6.07) is 16.5. The van der Waals surface area contributed by atoms with Gasteiger partial charge in [0, 0.05) is 12.7 Å². The summed E-state index contributed by atoms with van der Waals surface area (Å²) >= 11 is 5.72. The van der Waals surface area contributed by atoms with E-state index in [9.17, 15) is 18.0 Å². The van der Waals surface area contributed by atoms with Gasteiger partial charge in [0.25, 0.3) is 5.91 Å². The highest BCUT2D eigenvalue weighted by Gasteiger charge is 2.39. The van der Waals surface area contributed by atoms with Crippen molar-refractivity contribution in [2.24, 2.45) is 7.05 Å². The SMILES string of the molecule is Cn1nc(C(=O)Nc2ccc(-c3ccccc3)cc2)c(Cl)c1C(F)(F)F. The lowest BCUT2D eigenvalue weighted by Crippen LogP contribution is -2.13. The fourth-order valence-corrected chi connectivity index (χ4v) is 2.87. The molecule has 26 heavy (non-hydrogen) atoms. The molecule has 0 spiro atoms. The Morgan fingerprint density at radius 1 is 1.04 bits per heavy atom. The molecule has 1 amide bonds. The Morgan fingerprint density at radius 3 is 2.15 bits per heavy atom. The Balaban J connectivity index is 1.81. The third kappa shape index (κ3) is 3.57. The van der Waals surface area contributed by atoms with Crippen LogP contribution in [0.3, 0.4) is 0 Å². The normalized spacial score (nSPS) is 11.4. The number of carbonyl (C=O) groups is 1. The van der Waals surface area contributed by atoms with Crippen LogP contribution in [0.4, 0.5) is 18.9 Å². The molecule has 3 aromatic rings. The second kappa shape index (κ2) is 6.84.